The largest absolute Gasteiger partial charge is 0.393 e. The van der Waals surface area contributed by atoms with Crippen molar-refractivity contribution in [3.8, 4) is 0 Å². The molecule has 0 aliphatic rings. The van der Waals surface area contributed by atoms with Crippen molar-refractivity contribution in [3.05, 3.63) is 18.3 Å². The zero-order valence-electron chi connectivity index (χ0n) is 7.44. The number of nitrogens with zero attached hydrogens (tertiary/aromatic N) is 2. The summed E-state index contributed by atoms with van der Waals surface area (Å²) in [6.07, 6.45) is 1.56. The van der Waals surface area contributed by atoms with Crippen LogP contribution < -0.4 is 5.32 Å². The van der Waals surface area contributed by atoms with Crippen molar-refractivity contribution in [3.63, 3.8) is 0 Å². The van der Waals surface area contributed by atoms with Gasteiger partial charge >= 0.3 is 0 Å². The maximum absolute atomic E-state index is 9.42. The van der Waals surface area contributed by atoms with E-state index in [0.717, 1.165) is 0 Å². The second-order valence-corrected chi connectivity index (χ2v) is 3.12. The summed E-state index contributed by atoms with van der Waals surface area (Å²) in [5.41, 5.74) is -1.13. The highest BCUT2D eigenvalue weighted by Crippen LogP contribution is 2.04. The maximum Gasteiger partial charge on any atom is 0.148 e. The first-order chi connectivity index (χ1) is 6.14. The van der Waals surface area contributed by atoms with Crippen molar-refractivity contribution < 1.29 is 10.2 Å². The van der Waals surface area contributed by atoms with Gasteiger partial charge in [0.15, 0.2) is 0 Å². The van der Waals surface area contributed by atoms with E-state index in [2.05, 4.69) is 15.5 Å². The third kappa shape index (κ3) is 3.35. The van der Waals surface area contributed by atoms with Gasteiger partial charge < -0.3 is 15.5 Å². The third-order valence-electron chi connectivity index (χ3n) is 1.56. The van der Waals surface area contributed by atoms with E-state index >= 15 is 0 Å². The lowest BCUT2D eigenvalue weighted by Crippen LogP contribution is -2.37. The van der Waals surface area contributed by atoms with Gasteiger partial charge in [-0.25, -0.2) is 0 Å². The number of hydrogen-bond acceptors (Lipinski definition) is 5. The Balaban J connectivity index is 2.44. The fourth-order valence-corrected chi connectivity index (χ4v) is 0.733. The molecule has 0 saturated heterocycles. The van der Waals surface area contributed by atoms with Gasteiger partial charge in [0.1, 0.15) is 11.4 Å². The molecule has 1 aromatic rings. The van der Waals surface area contributed by atoms with Crippen LogP contribution in [0.1, 0.15) is 6.92 Å². The zero-order valence-corrected chi connectivity index (χ0v) is 7.44. The highest BCUT2D eigenvalue weighted by molar-refractivity contribution is 5.31. The van der Waals surface area contributed by atoms with Crippen LogP contribution in [0, 0.1) is 0 Å². The van der Waals surface area contributed by atoms with Crippen molar-refractivity contribution in [2.24, 2.45) is 0 Å². The van der Waals surface area contributed by atoms with Gasteiger partial charge in [0.25, 0.3) is 0 Å². The van der Waals surface area contributed by atoms with Crippen LogP contribution in [0.2, 0.25) is 0 Å². The number of rotatable bonds is 4. The van der Waals surface area contributed by atoms with Crippen LogP contribution in [-0.4, -0.2) is 39.2 Å². The minimum absolute atomic E-state index is 0.238. The molecule has 5 heteroatoms. The first-order valence-corrected chi connectivity index (χ1v) is 3.99. The molecular formula is C8H13N3O2. The molecule has 0 aromatic carbocycles. The molecule has 0 aliphatic heterocycles. The molecule has 0 aliphatic carbocycles. The Morgan fingerprint density at radius 3 is 2.92 bits per heavy atom. The molecule has 3 N–H and O–H groups in total. The van der Waals surface area contributed by atoms with E-state index in [1.54, 1.807) is 18.3 Å². The van der Waals surface area contributed by atoms with Crippen molar-refractivity contribution in [1.82, 2.24) is 10.2 Å². The summed E-state index contributed by atoms with van der Waals surface area (Å²) in [6, 6.07) is 3.48. The van der Waals surface area contributed by atoms with Gasteiger partial charge in [0.05, 0.1) is 6.61 Å². The van der Waals surface area contributed by atoms with Crippen LogP contribution in [0.25, 0.3) is 0 Å². The molecule has 72 valence electrons. The fourth-order valence-electron chi connectivity index (χ4n) is 0.733. The molecular weight excluding hydrogens is 170 g/mol. The monoisotopic (exact) mass is 183 g/mol. The summed E-state index contributed by atoms with van der Waals surface area (Å²) >= 11 is 0. The van der Waals surface area contributed by atoms with Crippen LogP contribution in [0.5, 0.6) is 0 Å². The molecule has 0 amide bonds. The van der Waals surface area contributed by atoms with Crippen LogP contribution in [-0.2, 0) is 0 Å². The summed E-state index contributed by atoms with van der Waals surface area (Å²) < 4.78 is 0. The van der Waals surface area contributed by atoms with Gasteiger partial charge in [-0.05, 0) is 19.1 Å². The van der Waals surface area contributed by atoms with Crippen molar-refractivity contribution in [2.75, 3.05) is 18.5 Å². The molecule has 1 aromatic heterocycles. The molecule has 0 saturated carbocycles. The maximum atomic E-state index is 9.42. The predicted octanol–water partition coefficient (Wildman–Crippen LogP) is -0.368. The number of aliphatic hydroxyl groups is 2. The van der Waals surface area contributed by atoms with Crippen LogP contribution >= 0.6 is 0 Å². The number of nitrogens with one attached hydrogen (secondary N) is 1. The van der Waals surface area contributed by atoms with E-state index in [1.165, 1.54) is 6.92 Å². The first kappa shape index (κ1) is 9.88. The quantitative estimate of drug-likeness (QED) is 0.593. The number of anilines is 1. The van der Waals surface area contributed by atoms with Gasteiger partial charge in [-0.2, -0.15) is 5.10 Å². The molecule has 0 bridgehead atoms. The molecule has 0 spiro atoms. The lowest BCUT2D eigenvalue weighted by atomic mass is 10.1. The van der Waals surface area contributed by atoms with Gasteiger partial charge in [-0.3, -0.25) is 0 Å². The van der Waals surface area contributed by atoms with Crippen molar-refractivity contribution >= 4 is 5.82 Å². The summed E-state index contributed by atoms with van der Waals surface area (Å²) in [5, 5.41) is 28.4. The molecule has 1 heterocycles. The average molecular weight is 183 g/mol. The lowest BCUT2D eigenvalue weighted by molar-refractivity contribution is 0.0131. The highest BCUT2D eigenvalue weighted by atomic mass is 16.3. The molecule has 0 radical (unpaired) electrons. The zero-order chi connectivity index (χ0) is 9.73. The molecule has 1 atom stereocenters. The predicted molar refractivity (Wildman–Crippen MR) is 48.2 cm³/mol. The van der Waals surface area contributed by atoms with E-state index < -0.39 is 5.60 Å². The molecule has 1 unspecified atom stereocenters. The van der Waals surface area contributed by atoms with E-state index in [0.29, 0.717) is 5.82 Å². The minimum atomic E-state index is -1.13. The molecule has 0 fully saturated rings. The second kappa shape index (κ2) is 4.15. The number of aliphatic hydroxyl groups excluding tert-OH is 1. The van der Waals surface area contributed by atoms with Crippen molar-refractivity contribution in [2.45, 2.75) is 12.5 Å². The van der Waals surface area contributed by atoms with Crippen LogP contribution in [0.15, 0.2) is 18.3 Å². The summed E-state index contributed by atoms with van der Waals surface area (Å²) in [7, 11) is 0. The second-order valence-electron chi connectivity index (χ2n) is 3.12. The summed E-state index contributed by atoms with van der Waals surface area (Å²) in [4.78, 5) is 0. The smallest absolute Gasteiger partial charge is 0.148 e. The lowest BCUT2D eigenvalue weighted by Gasteiger charge is -2.20. The minimum Gasteiger partial charge on any atom is -0.393 e. The molecule has 13 heavy (non-hydrogen) atoms. The topological polar surface area (TPSA) is 78.3 Å². The summed E-state index contributed by atoms with van der Waals surface area (Å²) in [6.45, 7) is 1.48. The van der Waals surface area contributed by atoms with Gasteiger partial charge in [0.2, 0.25) is 0 Å². The van der Waals surface area contributed by atoms with E-state index in [4.69, 9.17) is 5.11 Å². The number of aromatic nitrogens is 2. The molecule has 1 rings (SSSR count). The summed E-state index contributed by atoms with van der Waals surface area (Å²) in [5.74, 6) is 0.580. The highest BCUT2D eigenvalue weighted by Gasteiger charge is 2.18. The molecule has 5 nitrogen and oxygen atoms in total. The third-order valence-corrected chi connectivity index (χ3v) is 1.56. The first-order valence-electron chi connectivity index (χ1n) is 3.99. The van der Waals surface area contributed by atoms with Crippen LogP contribution in [0.4, 0.5) is 5.82 Å². The normalized spacial score (nSPS) is 15.0. The Labute approximate surface area is 76.4 Å². The van der Waals surface area contributed by atoms with E-state index in [1.807, 2.05) is 0 Å². The fraction of sp³-hybridized carbons (Fsp3) is 0.500. The number of hydrogen-bond donors (Lipinski definition) is 3. The van der Waals surface area contributed by atoms with E-state index in [-0.39, 0.29) is 13.2 Å². The SMILES string of the molecule is CC(O)(CO)CNc1cccnn1. The van der Waals surface area contributed by atoms with Crippen molar-refractivity contribution in [1.29, 1.82) is 0 Å². The Bertz CT molecular complexity index is 251. The Morgan fingerprint density at radius 2 is 2.38 bits per heavy atom. The Hall–Kier alpha value is -1.20. The van der Waals surface area contributed by atoms with Gasteiger partial charge in [0, 0.05) is 12.7 Å². The van der Waals surface area contributed by atoms with Gasteiger partial charge in [-0.15, -0.1) is 5.10 Å². The average Bonchev–Trinajstić information content (AvgIpc) is 2.17. The Kier molecular flexibility index (Phi) is 3.16. The standard InChI is InChI=1S/C8H13N3O2/c1-8(13,6-12)5-9-7-3-2-4-10-11-7/h2-4,12-13H,5-6H2,1H3,(H,9,11). The Morgan fingerprint density at radius 1 is 1.62 bits per heavy atom. The van der Waals surface area contributed by atoms with Crippen LogP contribution in [0.3, 0.4) is 0 Å². The van der Waals surface area contributed by atoms with E-state index in [9.17, 15) is 5.11 Å². The van der Waals surface area contributed by atoms with Gasteiger partial charge in [-0.1, -0.05) is 0 Å².